The van der Waals surface area contributed by atoms with Crippen molar-refractivity contribution in [1.82, 2.24) is 0 Å². The number of carbonyl (C=O) groups excluding carboxylic acids is 1. The molecule has 1 N–H and O–H groups in total. The molecule has 0 aliphatic carbocycles. The first-order valence-corrected chi connectivity index (χ1v) is 8.40. The number of pyridine rings is 1. The molecule has 0 radical (unpaired) electrons. The maximum Gasteiger partial charge on any atom is 0.295 e. The van der Waals surface area contributed by atoms with Crippen LogP contribution in [0.4, 0.5) is 0 Å². The van der Waals surface area contributed by atoms with Crippen LogP contribution >= 0.6 is 0 Å². The molecule has 5 nitrogen and oxygen atoms in total. The van der Waals surface area contributed by atoms with Gasteiger partial charge in [-0.15, -0.1) is 0 Å². The average Bonchev–Trinajstić information content (AvgIpc) is 2.46. The molecule has 1 aromatic heterocycles. The lowest BCUT2D eigenvalue weighted by Gasteiger charge is -2.09. The van der Waals surface area contributed by atoms with E-state index in [1.165, 1.54) is 19.1 Å². The topological polar surface area (TPSA) is 75.3 Å². The van der Waals surface area contributed by atoms with Gasteiger partial charge in [0.2, 0.25) is 5.69 Å². The van der Waals surface area contributed by atoms with Crippen LogP contribution in [0.5, 0.6) is 0 Å². The molecule has 2 aromatic rings. The van der Waals surface area contributed by atoms with Crippen LogP contribution in [0.2, 0.25) is 0 Å². The average molecular weight is 332 g/mol. The molecule has 0 spiro atoms. The van der Waals surface area contributed by atoms with Crippen LogP contribution in [0, 0.1) is 0 Å². The number of hydrogen-bond acceptors (Lipinski definition) is 3. The second kappa shape index (κ2) is 6.44. The van der Waals surface area contributed by atoms with Gasteiger partial charge in [-0.25, -0.2) is 0 Å². The van der Waals surface area contributed by atoms with Crippen LogP contribution in [0.3, 0.4) is 0 Å². The molecule has 1 heterocycles. The molecular weight excluding hydrogens is 314 g/mol. The van der Waals surface area contributed by atoms with Gasteiger partial charge in [0.25, 0.3) is 10.1 Å². The highest BCUT2D eigenvalue weighted by Gasteiger charge is 2.23. The van der Waals surface area contributed by atoms with Crippen LogP contribution in [-0.2, 0) is 16.7 Å². The fourth-order valence-corrected chi connectivity index (χ4v) is 3.01. The first-order chi connectivity index (χ1) is 10.7. The summed E-state index contributed by atoms with van der Waals surface area (Å²) in [6, 6.07) is 9.42. The minimum atomic E-state index is -4.38. The van der Waals surface area contributed by atoms with Gasteiger partial charge < -0.3 is 0 Å². The van der Waals surface area contributed by atoms with Gasteiger partial charge in [-0.2, -0.15) is 13.0 Å². The minimum Gasteiger partial charge on any atom is -0.295 e. The first kappa shape index (κ1) is 17.1. The summed E-state index contributed by atoms with van der Waals surface area (Å²) < 4.78 is 34.5. The molecule has 0 bridgehead atoms. The van der Waals surface area contributed by atoms with Gasteiger partial charge in [0.05, 0.1) is 5.56 Å². The summed E-state index contributed by atoms with van der Waals surface area (Å²) in [6.45, 7) is 7.62. The summed E-state index contributed by atoms with van der Waals surface area (Å²) in [5.41, 5.74) is 2.19. The van der Waals surface area contributed by atoms with Crippen LogP contribution in [0.25, 0.3) is 11.3 Å². The number of nitrogens with zero attached hydrogens (tertiary/aromatic N) is 1. The van der Waals surface area contributed by atoms with Gasteiger partial charge in [-0.1, -0.05) is 18.7 Å². The fraction of sp³-hybridized carbons (Fsp3) is 0.176. The maximum absolute atomic E-state index is 11.6. The Hall–Kier alpha value is -2.31. The molecule has 0 unspecified atom stereocenters. The Balaban J connectivity index is 2.78. The molecule has 2 rings (SSSR count). The van der Waals surface area contributed by atoms with E-state index >= 15 is 0 Å². The smallest absolute Gasteiger partial charge is 0.295 e. The Morgan fingerprint density at radius 3 is 2.43 bits per heavy atom. The van der Waals surface area contributed by atoms with E-state index in [1.807, 2.05) is 6.92 Å². The standard InChI is InChI=1S/C17H17NO4S/c1-12(2)11-18-9-8-14(13(3)19)10-16(18)15-6-4-5-7-17(15)23(20,21)22/h4-10H,1,11H2,2-3H3/p+1. The lowest BCUT2D eigenvalue weighted by atomic mass is 10.1. The molecular formula is C17H18NO4S+. The Bertz CT molecular complexity index is 885. The van der Waals surface area contributed by atoms with Gasteiger partial charge in [0.1, 0.15) is 4.90 Å². The lowest BCUT2D eigenvalue weighted by Crippen LogP contribution is -2.37. The van der Waals surface area contributed by atoms with Gasteiger partial charge in [-0.3, -0.25) is 9.35 Å². The summed E-state index contributed by atoms with van der Waals surface area (Å²) in [6.07, 6.45) is 1.71. The van der Waals surface area contributed by atoms with Crippen molar-refractivity contribution in [2.24, 2.45) is 0 Å². The number of allylic oxidation sites excluding steroid dienone is 1. The molecule has 0 saturated heterocycles. The highest BCUT2D eigenvalue weighted by atomic mass is 32.2. The lowest BCUT2D eigenvalue weighted by molar-refractivity contribution is -0.678. The normalized spacial score (nSPS) is 11.3. The van der Waals surface area contributed by atoms with E-state index in [1.54, 1.807) is 35.0 Å². The van der Waals surface area contributed by atoms with Crippen molar-refractivity contribution in [3.8, 4) is 11.3 Å². The maximum atomic E-state index is 11.6. The van der Waals surface area contributed by atoms with Crippen LogP contribution in [0.1, 0.15) is 24.2 Å². The van der Waals surface area contributed by atoms with Crippen molar-refractivity contribution in [2.75, 3.05) is 0 Å². The fourth-order valence-electron chi connectivity index (χ4n) is 2.31. The number of Topliss-reactive ketones (excluding diaryl/α,β-unsaturated/α-hetero) is 1. The van der Waals surface area contributed by atoms with E-state index in [2.05, 4.69) is 6.58 Å². The van der Waals surface area contributed by atoms with Crippen LogP contribution in [-0.4, -0.2) is 18.8 Å². The summed E-state index contributed by atoms with van der Waals surface area (Å²) >= 11 is 0. The zero-order valence-electron chi connectivity index (χ0n) is 13.0. The Labute approximate surface area is 135 Å². The van der Waals surface area contributed by atoms with Crippen LogP contribution in [0.15, 0.2) is 59.6 Å². The second-order valence-corrected chi connectivity index (χ2v) is 6.80. The van der Waals surface area contributed by atoms with Crippen molar-refractivity contribution < 1.29 is 22.3 Å². The number of aromatic nitrogens is 1. The molecule has 0 saturated carbocycles. The summed E-state index contributed by atoms with van der Waals surface area (Å²) in [5.74, 6) is -0.127. The van der Waals surface area contributed by atoms with E-state index in [0.717, 1.165) is 5.57 Å². The highest BCUT2D eigenvalue weighted by molar-refractivity contribution is 7.86. The molecule has 23 heavy (non-hydrogen) atoms. The Morgan fingerprint density at radius 2 is 1.87 bits per heavy atom. The molecule has 0 aliphatic rings. The van der Waals surface area contributed by atoms with Crippen molar-refractivity contribution in [2.45, 2.75) is 25.3 Å². The largest absolute Gasteiger partial charge is 0.295 e. The summed E-state index contributed by atoms with van der Waals surface area (Å²) in [7, 11) is -4.38. The molecule has 0 aliphatic heterocycles. The van der Waals surface area contributed by atoms with E-state index in [9.17, 15) is 17.8 Å². The monoisotopic (exact) mass is 332 g/mol. The number of hydrogen-bond donors (Lipinski definition) is 1. The second-order valence-electron chi connectivity index (χ2n) is 5.41. The molecule has 120 valence electrons. The first-order valence-electron chi connectivity index (χ1n) is 6.96. The van der Waals surface area contributed by atoms with Crippen LogP contribution < -0.4 is 4.57 Å². The van der Waals surface area contributed by atoms with Crippen molar-refractivity contribution in [1.29, 1.82) is 0 Å². The van der Waals surface area contributed by atoms with E-state index in [0.29, 0.717) is 23.4 Å². The molecule has 0 fully saturated rings. The minimum absolute atomic E-state index is 0.127. The van der Waals surface area contributed by atoms with Crippen molar-refractivity contribution in [3.63, 3.8) is 0 Å². The SMILES string of the molecule is C=C(C)C[n+]1ccc(C(C)=O)cc1-c1ccccc1S(=O)(=O)O. The third-order valence-corrected chi connectivity index (χ3v) is 4.24. The molecule has 1 aromatic carbocycles. The van der Waals surface area contributed by atoms with E-state index < -0.39 is 10.1 Å². The van der Waals surface area contributed by atoms with Crippen molar-refractivity contribution in [3.05, 3.63) is 60.3 Å². The Morgan fingerprint density at radius 1 is 1.22 bits per heavy atom. The quantitative estimate of drug-likeness (QED) is 0.395. The third-order valence-electron chi connectivity index (χ3n) is 3.32. The molecule has 6 heteroatoms. The predicted molar refractivity (Wildman–Crippen MR) is 86.7 cm³/mol. The van der Waals surface area contributed by atoms with E-state index in [-0.39, 0.29) is 10.7 Å². The zero-order chi connectivity index (χ0) is 17.2. The van der Waals surface area contributed by atoms with Gasteiger partial charge in [0, 0.05) is 17.7 Å². The summed E-state index contributed by atoms with van der Waals surface area (Å²) in [4.78, 5) is 11.5. The van der Waals surface area contributed by atoms with E-state index in [4.69, 9.17) is 0 Å². The Kier molecular flexibility index (Phi) is 4.77. The number of ketones is 1. The number of rotatable bonds is 5. The molecule has 0 amide bonds. The van der Waals surface area contributed by atoms with Crippen molar-refractivity contribution >= 4 is 15.9 Å². The number of carbonyl (C=O) groups is 1. The predicted octanol–water partition coefficient (Wildman–Crippen LogP) is 2.67. The molecule has 0 atom stereocenters. The zero-order valence-corrected chi connectivity index (χ0v) is 13.8. The number of benzene rings is 1. The third kappa shape index (κ3) is 3.91. The highest BCUT2D eigenvalue weighted by Crippen LogP contribution is 2.25. The van der Waals surface area contributed by atoms with Gasteiger partial charge >= 0.3 is 0 Å². The summed E-state index contributed by atoms with van der Waals surface area (Å²) in [5, 5.41) is 0. The van der Waals surface area contributed by atoms with Gasteiger partial charge in [-0.05, 0) is 31.6 Å². The van der Waals surface area contributed by atoms with Gasteiger partial charge in [0.15, 0.2) is 18.5 Å².